The largest absolute Gasteiger partial charge is 0.303 e. The molecule has 0 aromatic heterocycles. The SMILES string of the molecule is CCCN1CCC(C#N)C(C)(C)C1. The number of hydrogen-bond donors (Lipinski definition) is 0. The van der Waals surface area contributed by atoms with Crippen molar-refractivity contribution in [2.75, 3.05) is 19.6 Å². The first-order valence-electron chi connectivity index (χ1n) is 5.22. The number of nitriles is 1. The van der Waals surface area contributed by atoms with Gasteiger partial charge in [0.15, 0.2) is 0 Å². The molecule has 0 radical (unpaired) electrons. The van der Waals surface area contributed by atoms with Crippen molar-refractivity contribution in [3.63, 3.8) is 0 Å². The van der Waals surface area contributed by atoms with Crippen molar-refractivity contribution in [2.45, 2.75) is 33.6 Å². The van der Waals surface area contributed by atoms with Crippen LogP contribution in [-0.2, 0) is 0 Å². The molecule has 0 bridgehead atoms. The molecule has 0 N–H and O–H groups in total. The summed E-state index contributed by atoms with van der Waals surface area (Å²) in [5.74, 6) is 0.251. The lowest BCUT2D eigenvalue weighted by Crippen LogP contribution is -2.45. The minimum Gasteiger partial charge on any atom is -0.303 e. The maximum atomic E-state index is 8.97. The van der Waals surface area contributed by atoms with Gasteiger partial charge in [-0.3, -0.25) is 0 Å². The lowest BCUT2D eigenvalue weighted by Gasteiger charge is -2.41. The second-order valence-electron chi connectivity index (χ2n) is 4.74. The molecule has 2 heteroatoms. The van der Waals surface area contributed by atoms with Crippen LogP contribution in [0.3, 0.4) is 0 Å². The molecule has 0 spiro atoms. The highest BCUT2D eigenvalue weighted by molar-refractivity contribution is 4.98. The molecule has 1 aliphatic rings. The zero-order chi connectivity index (χ0) is 9.90. The van der Waals surface area contributed by atoms with Crippen molar-refractivity contribution in [1.82, 2.24) is 4.90 Å². The number of rotatable bonds is 2. The molecule has 1 atom stereocenters. The molecule has 0 saturated carbocycles. The number of hydrogen-bond acceptors (Lipinski definition) is 2. The van der Waals surface area contributed by atoms with E-state index in [1.165, 1.54) is 13.0 Å². The Hall–Kier alpha value is -0.550. The molecule has 0 aliphatic carbocycles. The first-order chi connectivity index (χ1) is 6.10. The maximum Gasteiger partial charge on any atom is 0.0662 e. The van der Waals surface area contributed by atoms with Gasteiger partial charge in [-0.1, -0.05) is 20.8 Å². The van der Waals surface area contributed by atoms with E-state index in [0.717, 1.165) is 19.5 Å². The topological polar surface area (TPSA) is 27.0 Å². The minimum absolute atomic E-state index is 0.183. The smallest absolute Gasteiger partial charge is 0.0662 e. The number of piperidine rings is 1. The van der Waals surface area contributed by atoms with E-state index in [-0.39, 0.29) is 11.3 Å². The van der Waals surface area contributed by atoms with Crippen molar-refractivity contribution in [2.24, 2.45) is 11.3 Å². The third-order valence-corrected chi connectivity index (χ3v) is 3.00. The van der Waals surface area contributed by atoms with Crippen LogP contribution in [0.1, 0.15) is 33.6 Å². The molecular weight excluding hydrogens is 160 g/mol. The van der Waals surface area contributed by atoms with Gasteiger partial charge < -0.3 is 4.90 Å². The Morgan fingerprint density at radius 3 is 2.69 bits per heavy atom. The Bertz CT molecular complexity index is 203. The fourth-order valence-electron chi connectivity index (χ4n) is 2.21. The Balaban J connectivity index is 2.55. The summed E-state index contributed by atoms with van der Waals surface area (Å²) in [7, 11) is 0. The molecular formula is C11H20N2. The van der Waals surface area contributed by atoms with Gasteiger partial charge in [0.2, 0.25) is 0 Å². The van der Waals surface area contributed by atoms with Gasteiger partial charge in [0.05, 0.1) is 12.0 Å². The van der Waals surface area contributed by atoms with Crippen molar-refractivity contribution in [3.8, 4) is 6.07 Å². The number of likely N-dealkylation sites (tertiary alicyclic amines) is 1. The van der Waals surface area contributed by atoms with E-state index in [0.29, 0.717) is 0 Å². The monoisotopic (exact) mass is 180 g/mol. The summed E-state index contributed by atoms with van der Waals surface area (Å²) in [6.45, 7) is 10.0. The van der Waals surface area contributed by atoms with Crippen LogP contribution in [0.5, 0.6) is 0 Å². The van der Waals surface area contributed by atoms with Crippen molar-refractivity contribution < 1.29 is 0 Å². The van der Waals surface area contributed by atoms with Crippen LogP contribution in [0, 0.1) is 22.7 Å². The first kappa shape index (κ1) is 10.5. The minimum atomic E-state index is 0.183. The van der Waals surface area contributed by atoms with Gasteiger partial charge in [-0.05, 0) is 31.3 Å². The van der Waals surface area contributed by atoms with Gasteiger partial charge in [0, 0.05) is 6.54 Å². The Kier molecular flexibility index (Phi) is 3.33. The van der Waals surface area contributed by atoms with Crippen LogP contribution in [0.15, 0.2) is 0 Å². The lowest BCUT2D eigenvalue weighted by molar-refractivity contribution is 0.0826. The second kappa shape index (κ2) is 4.11. The average Bonchev–Trinajstić information content (AvgIpc) is 2.03. The molecule has 1 rings (SSSR count). The summed E-state index contributed by atoms with van der Waals surface area (Å²) in [4.78, 5) is 2.48. The molecule has 2 nitrogen and oxygen atoms in total. The summed E-state index contributed by atoms with van der Waals surface area (Å²) in [5.41, 5.74) is 0.183. The summed E-state index contributed by atoms with van der Waals surface area (Å²) in [5, 5.41) is 8.97. The van der Waals surface area contributed by atoms with Crippen LogP contribution >= 0.6 is 0 Å². The zero-order valence-electron chi connectivity index (χ0n) is 9.01. The van der Waals surface area contributed by atoms with Crippen LogP contribution in [0.4, 0.5) is 0 Å². The Labute approximate surface area is 81.5 Å². The van der Waals surface area contributed by atoms with Gasteiger partial charge in [-0.15, -0.1) is 0 Å². The first-order valence-corrected chi connectivity index (χ1v) is 5.22. The maximum absolute atomic E-state index is 8.97. The van der Waals surface area contributed by atoms with Crippen LogP contribution in [-0.4, -0.2) is 24.5 Å². The third-order valence-electron chi connectivity index (χ3n) is 3.00. The Morgan fingerprint density at radius 1 is 1.54 bits per heavy atom. The third kappa shape index (κ3) is 2.45. The summed E-state index contributed by atoms with van der Waals surface area (Å²) in [6.07, 6.45) is 2.26. The molecule has 1 unspecified atom stereocenters. The molecule has 1 aliphatic heterocycles. The zero-order valence-corrected chi connectivity index (χ0v) is 9.01. The van der Waals surface area contributed by atoms with Crippen molar-refractivity contribution >= 4 is 0 Å². The van der Waals surface area contributed by atoms with Crippen molar-refractivity contribution in [3.05, 3.63) is 0 Å². The van der Waals surface area contributed by atoms with Gasteiger partial charge in [0.1, 0.15) is 0 Å². The lowest BCUT2D eigenvalue weighted by atomic mass is 9.75. The van der Waals surface area contributed by atoms with E-state index in [9.17, 15) is 0 Å². The molecule has 74 valence electrons. The van der Waals surface area contributed by atoms with E-state index < -0.39 is 0 Å². The second-order valence-corrected chi connectivity index (χ2v) is 4.74. The summed E-state index contributed by atoms with van der Waals surface area (Å²) in [6, 6.07) is 2.43. The van der Waals surface area contributed by atoms with E-state index >= 15 is 0 Å². The highest BCUT2D eigenvalue weighted by Gasteiger charge is 2.35. The predicted molar refractivity (Wildman–Crippen MR) is 54.2 cm³/mol. The quantitative estimate of drug-likeness (QED) is 0.652. The molecule has 0 amide bonds. The van der Waals surface area contributed by atoms with Crippen LogP contribution < -0.4 is 0 Å². The highest BCUT2D eigenvalue weighted by Crippen LogP contribution is 2.34. The van der Waals surface area contributed by atoms with Crippen LogP contribution in [0.25, 0.3) is 0 Å². The molecule has 1 fully saturated rings. The predicted octanol–water partition coefficient (Wildman–Crippen LogP) is 2.27. The standard InChI is InChI=1S/C11H20N2/c1-4-6-13-7-5-10(8-12)11(2,3)9-13/h10H,4-7,9H2,1-3H3. The van der Waals surface area contributed by atoms with E-state index in [1.807, 2.05) is 0 Å². The van der Waals surface area contributed by atoms with E-state index in [1.54, 1.807) is 0 Å². The summed E-state index contributed by atoms with van der Waals surface area (Å²) < 4.78 is 0. The normalized spacial score (nSPS) is 28.3. The molecule has 0 aromatic carbocycles. The number of nitrogens with zero attached hydrogens (tertiary/aromatic N) is 2. The Morgan fingerprint density at radius 2 is 2.23 bits per heavy atom. The fraction of sp³-hybridized carbons (Fsp3) is 0.909. The highest BCUT2D eigenvalue weighted by atomic mass is 15.1. The van der Waals surface area contributed by atoms with Gasteiger partial charge in [-0.2, -0.15) is 5.26 Å². The van der Waals surface area contributed by atoms with Gasteiger partial charge in [0.25, 0.3) is 0 Å². The van der Waals surface area contributed by atoms with Gasteiger partial charge >= 0.3 is 0 Å². The molecule has 13 heavy (non-hydrogen) atoms. The molecule has 1 heterocycles. The molecule has 1 saturated heterocycles. The van der Waals surface area contributed by atoms with E-state index in [2.05, 4.69) is 31.7 Å². The van der Waals surface area contributed by atoms with Crippen molar-refractivity contribution in [1.29, 1.82) is 5.26 Å². The summed E-state index contributed by atoms with van der Waals surface area (Å²) >= 11 is 0. The average molecular weight is 180 g/mol. The van der Waals surface area contributed by atoms with E-state index in [4.69, 9.17) is 5.26 Å². The molecule has 0 aromatic rings. The van der Waals surface area contributed by atoms with Crippen LogP contribution in [0.2, 0.25) is 0 Å². The fourth-order valence-corrected chi connectivity index (χ4v) is 2.21. The van der Waals surface area contributed by atoms with Gasteiger partial charge in [-0.25, -0.2) is 0 Å².